The standard InChI is InChI=1S/C11H17N3OS/c12-10-3-1-2-9(10)11(15)13-5-4-8-6-16-7-14-8/h6-7,9-10H,1-5,12H2,(H,13,15). The average molecular weight is 239 g/mol. The highest BCUT2D eigenvalue weighted by Gasteiger charge is 2.29. The molecular formula is C11H17N3OS. The van der Waals surface area contributed by atoms with E-state index in [0.717, 1.165) is 31.4 Å². The topological polar surface area (TPSA) is 68.0 Å². The minimum absolute atomic E-state index is 0.0235. The minimum Gasteiger partial charge on any atom is -0.355 e. The molecular weight excluding hydrogens is 222 g/mol. The fourth-order valence-electron chi connectivity index (χ4n) is 2.12. The van der Waals surface area contributed by atoms with E-state index in [1.165, 1.54) is 0 Å². The Morgan fingerprint density at radius 3 is 3.12 bits per heavy atom. The summed E-state index contributed by atoms with van der Waals surface area (Å²) in [6.07, 6.45) is 3.79. The van der Waals surface area contributed by atoms with Crippen molar-refractivity contribution in [3.05, 3.63) is 16.6 Å². The second-order valence-corrected chi connectivity index (χ2v) is 4.94. The van der Waals surface area contributed by atoms with Crippen LogP contribution >= 0.6 is 11.3 Å². The van der Waals surface area contributed by atoms with Crippen LogP contribution in [0.1, 0.15) is 25.0 Å². The highest BCUT2D eigenvalue weighted by Crippen LogP contribution is 2.23. The van der Waals surface area contributed by atoms with Crippen LogP contribution < -0.4 is 11.1 Å². The molecule has 1 saturated carbocycles. The molecule has 5 heteroatoms. The largest absolute Gasteiger partial charge is 0.355 e. The number of hydrogen-bond acceptors (Lipinski definition) is 4. The SMILES string of the molecule is NC1CCCC1C(=O)NCCc1cscn1. The summed E-state index contributed by atoms with van der Waals surface area (Å²) in [6.45, 7) is 0.659. The maximum Gasteiger partial charge on any atom is 0.224 e. The zero-order chi connectivity index (χ0) is 11.4. The van der Waals surface area contributed by atoms with Crippen molar-refractivity contribution in [1.82, 2.24) is 10.3 Å². The smallest absolute Gasteiger partial charge is 0.224 e. The summed E-state index contributed by atoms with van der Waals surface area (Å²) < 4.78 is 0. The Bertz CT molecular complexity index is 339. The van der Waals surface area contributed by atoms with Crippen molar-refractivity contribution in [3.8, 4) is 0 Å². The summed E-state index contributed by atoms with van der Waals surface area (Å²) in [6, 6.07) is 0.0549. The van der Waals surface area contributed by atoms with E-state index in [4.69, 9.17) is 5.73 Å². The number of carbonyl (C=O) groups excluding carboxylic acids is 1. The zero-order valence-electron chi connectivity index (χ0n) is 9.19. The van der Waals surface area contributed by atoms with Gasteiger partial charge in [-0.1, -0.05) is 6.42 Å². The minimum atomic E-state index is 0.0235. The molecule has 3 N–H and O–H groups in total. The van der Waals surface area contributed by atoms with Crippen molar-refractivity contribution in [2.75, 3.05) is 6.54 Å². The monoisotopic (exact) mass is 239 g/mol. The Balaban J connectivity index is 1.71. The molecule has 0 aromatic carbocycles. The first-order valence-corrected chi connectivity index (χ1v) is 6.62. The van der Waals surface area contributed by atoms with Gasteiger partial charge in [0.25, 0.3) is 0 Å². The number of hydrogen-bond donors (Lipinski definition) is 2. The predicted molar refractivity (Wildman–Crippen MR) is 64.1 cm³/mol. The van der Waals surface area contributed by atoms with E-state index in [2.05, 4.69) is 10.3 Å². The van der Waals surface area contributed by atoms with Crippen LogP contribution in [0.3, 0.4) is 0 Å². The number of amides is 1. The fraction of sp³-hybridized carbons (Fsp3) is 0.636. The van der Waals surface area contributed by atoms with Crippen molar-refractivity contribution in [2.24, 2.45) is 11.7 Å². The fourth-order valence-corrected chi connectivity index (χ4v) is 2.71. The molecule has 1 fully saturated rings. The third-order valence-corrected chi connectivity index (χ3v) is 3.71. The van der Waals surface area contributed by atoms with E-state index in [-0.39, 0.29) is 17.9 Å². The van der Waals surface area contributed by atoms with Crippen LogP contribution in [0.2, 0.25) is 0 Å². The van der Waals surface area contributed by atoms with Crippen LogP contribution in [0, 0.1) is 5.92 Å². The molecule has 2 rings (SSSR count). The molecule has 2 unspecified atom stereocenters. The van der Waals surface area contributed by atoms with Gasteiger partial charge in [0.05, 0.1) is 17.1 Å². The molecule has 0 aliphatic heterocycles. The molecule has 0 bridgehead atoms. The van der Waals surface area contributed by atoms with E-state index in [1.54, 1.807) is 11.3 Å². The maximum atomic E-state index is 11.8. The number of nitrogens with two attached hydrogens (primary N) is 1. The lowest BCUT2D eigenvalue weighted by molar-refractivity contribution is -0.125. The van der Waals surface area contributed by atoms with Crippen molar-refractivity contribution in [3.63, 3.8) is 0 Å². The third-order valence-electron chi connectivity index (χ3n) is 3.07. The first-order chi connectivity index (χ1) is 7.77. The second kappa shape index (κ2) is 5.41. The summed E-state index contributed by atoms with van der Waals surface area (Å²) in [5.41, 5.74) is 8.73. The van der Waals surface area contributed by atoms with E-state index in [1.807, 2.05) is 10.9 Å². The van der Waals surface area contributed by atoms with Gasteiger partial charge in [-0.05, 0) is 12.8 Å². The lowest BCUT2D eigenvalue weighted by Gasteiger charge is -2.14. The zero-order valence-corrected chi connectivity index (χ0v) is 10.0. The summed E-state index contributed by atoms with van der Waals surface area (Å²) in [5.74, 6) is 0.135. The number of thiazole rings is 1. The predicted octanol–water partition coefficient (Wildman–Crippen LogP) is 0.929. The molecule has 1 aliphatic rings. The van der Waals surface area contributed by atoms with Gasteiger partial charge in [0.2, 0.25) is 5.91 Å². The van der Waals surface area contributed by atoms with Gasteiger partial charge in [0.15, 0.2) is 0 Å². The molecule has 0 radical (unpaired) electrons. The Hall–Kier alpha value is -0.940. The van der Waals surface area contributed by atoms with E-state index < -0.39 is 0 Å². The van der Waals surface area contributed by atoms with Gasteiger partial charge in [0.1, 0.15) is 0 Å². The molecule has 1 aliphatic carbocycles. The Kier molecular flexibility index (Phi) is 3.90. The Labute approximate surface area is 99.3 Å². The van der Waals surface area contributed by atoms with Crippen LogP contribution in [-0.4, -0.2) is 23.5 Å². The lowest BCUT2D eigenvalue weighted by Crippen LogP contribution is -2.39. The van der Waals surface area contributed by atoms with Gasteiger partial charge < -0.3 is 11.1 Å². The average Bonchev–Trinajstić information content (AvgIpc) is 2.88. The van der Waals surface area contributed by atoms with Gasteiger partial charge in [0, 0.05) is 24.4 Å². The normalized spacial score (nSPS) is 24.6. The molecule has 1 aromatic rings. The number of nitrogens with one attached hydrogen (secondary N) is 1. The molecule has 1 heterocycles. The van der Waals surface area contributed by atoms with E-state index >= 15 is 0 Å². The van der Waals surface area contributed by atoms with Crippen molar-refractivity contribution in [1.29, 1.82) is 0 Å². The molecule has 2 atom stereocenters. The van der Waals surface area contributed by atoms with Gasteiger partial charge in [-0.15, -0.1) is 11.3 Å². The van der Waals surface area contributed by atoms with E-state index in [0.29, 0.717) is 6.54 Å². The molecule has 4 nitrogen and oxygen atoms in total. The maximum absolute atomic E-state index is 11.8. The molecule has 0 spiro atoms. The van der Waals surface area contributed by atoms with Crippen molar-refractivity contribution in [2.45, 2.75) is 31.7 Å². The van der Waals surface area contributed by atoms with Gasteiger partial charge in [-0.25, -0.2) is 4.98 Å². The number of nitrogens with zero attached hydrogens (tertiary/aromatic N) is 1. The second-order valence-electron chi connectivity index (χ2n) is 4.22. The summed E-state index contributed by atoms with van der Waals surface area (Å²) in [7, 11) is 0. The number of aromatic nitrogens is 1. The molecule has 88 valence electrons. The first-order valence-electron chi connectivity index (χ1n) is 5.67. The van der Waals surface area contributed by atoms with Crippen LogP contribution in [0.4, 0.5) is 0 Å². The van der Waals surface area contributed by atoms with E-state index in [9.17, 15) is 4.79 Å². The number of rotatable bonds is 4. The molecule has 0 saturated heterocycles. The van der Waals surface area contributed by atoms with Crippen molar-refractivity contribution < 1.29 is 4.79 Å². The highest BCUT2D eigenvalue weighted by atomic mass is 32.1. The summed E-state index contributed by atoms with van der Waals surface area (Å²) in [5, 5.41) is 4.95. The molecule has 16 heavy (non-hydrogen) atoms. The Morgan fingerprint density at radius 2 is 2.50 bits per heavy atom. The Morgan fingerprint density at radius 1 is 1.62 bits per heavy atom. The summed E-state index contributed by atoms with van der Waals surface area (Å²) in [4.78, 5) is 15.9. The highest BCUT2D eigenvalue weighted by molar-refractivity contribution is 7.07. The van der Waals surface area contributed by atoms with Crippen molar-refractivity contribution >= 4 is 17.2 Å². The third kappa shape index (κ3) is 2.80. The van der Waals surface area contributed by atoms with Crippen LogP contribution in [0.5, 0.6) is 0 Å². The van der Waals surface area contributed by atoms with Crippen LogP contribution in [-0.2, 0) is 11.2 Å². The first kappa shape index (κ1) is 11.5. The van der Waals surface area contributed by atoms with Gasteiger partial charge in [-0.3, -0.25) is 4.79 Å². The summed E-state index contributed by atoms with van der Waals surface area (Å²) >= 11 is 1.58. The number of carbonyl (C=O) groups is 1. The van der Waals surface area contributed by atoms with Crippen LogP contribution in [0.25, 0.3) is 0 Å². The van der Waals surface area contributed by atoms with Gasteiger partial charge >= 0.3 is 0 Å². The quantitative estimate of drug-likeness (QED) is 0.821. The van der Waals surface area contributed by atoms with Crippen LogP contribution in [0.15, 0.2) is 10.9 Å². The molecule has 1 amide bonds. The lowest BCUT2D eigenvalue weighted by atomic mass is 10.0. The molecule has 1 aromatic heterocycles. The van der Waals surface area contributed by atoms with Gasteiger partial charge in [-0.2, -0.15) is 0 Å².